The lowest BCUT2D eigenvalue weighted by molar-refractivity contribution is -0.124. The van der Waals surface area contributed by atoms with Crippen LogP contribution < -0.4 is 10.6 Å². The minimum atomic E-state index is -1.10. The lowest BCUT2D eigenvalue weighted by atomic mass is 9.86. The third-order valence-corrected chi connectivity index (χ3v) is 8.05. The maximum absolute atomic E-state index is 14.4. The minimum Gasteiger partial charge on any atom is -0.508 e. The number of phenolic OH excluding ortho intramolecular Hbond substituents is 1. The molecule has 12 nitrogen and oxygen atoms in total. The molecule has 2 amide bonds. The summed E-state index contributed by atoms with van der Waals surface area (Å²) in [5.74, 6) is -0.591. The number of rotatable bonds is 11. The van der Waals surface area contributed by atoms with Crippen molar-refractivity contribution in [2.45, 2.75) is 52.5 Å². The van der Waals surface area contributed by atoms with Crippen molar-refractivity contribution >= 4 is 22.9 Å². The van der Waals surface area contributed by atoms with Gasteiger partial charge in [-0.25, -0.2) is 19.2 Å². The molecule has 0 bridgehead atoms. The van der Waals surface area contributed by atoms with Crippen molar-refractivity contribution in [3.05, 3.63) is 114 Å². The lowest BCUT2D eigenvalue weighted by Gasteiger charge is -2.30. The molecule has 3 aromatic carbocycles. The summed E-state index contributed by atoms with van der Waals surface area (Å²) in [5, 5.41) is 25.6. The second-order valence-corrected chi connectivity index (χ2v) is 12.9. The van der Waals surface area contributed by atoms with E-state index >= 15 is 0 Å². The third-order valence-electron chi connectivity index (χ3n) is 8.05. The number of benzene rings is 3. The van der Waals surface area contributed by atoms with Gasteiger partial charge < -0.3 is 39.4 Å². The summed E-state index contributed by atoms with van der Waals surface area (Å²) in [7, 11) is 0. The van der Waals surface area contributed by atoms with E-state index in [-0.39, 0.29) is 54.3 Å². The number of amides is 2. The molecule has 3 heterocycles. The first-order valence-corrected chi connectivity index (χ1v) is 15.9. The van der Waals surface area contributed by atoms with Crippen LogP contribution in [0.2, 0.25) is 0 Å². The Morgan fingerprint density at radius 3 is 2.46 bits per heavy atom. The van der Waals surface area contributed by atoms with Crippen molar-refractivity contribution < 1.29 is 37.8 Å². The summed E-state index contributed by atoms with van der Waals surface area (Å²) in [6.45, 7) is 5.28. The number of nitrogens with zero attached hydrogens (tertiary/aromatic N) is 2. The van der Waals surface area contributed by atoms with E-state index in [9.17, 15) is 24.2 Å². The molecular weight excluding hydrogens is 645 g/mol. The van der Waals surface area contributed by atoms with Crippen molar-refractivity contribution in [1.29, 1.82) is 0 Å². The van der Waals surface area contributed by atoms with Gasteiger partial charge in [0.1, 0.15) is 42.2 Å². The number of aromatic nitrogens is 3. The Kier molecular flexibility index (Phi) is 9.68. The molecule has 0 saturated heterocycles. The highest BCUT2D eigenvalue weighted by molar-refractivity contribution is 5.96. The highest BCUT2D eigenvalue weighted by Gasteiger charge is 2.37. The summed E-state index contributed by atoms with van der Waals surface area (Å²) in [6, 6.07) is 17.8. The molecule has 3 aromatic heterocycles. The van der Waals surface area contributed by atoms with Gasteiger partial charge in [0.2, 0.25) is 17.7 Å². The molecule has 50 heavy (non-hydrogen) atoms. The Balaban J connectivity index is 1.34. The standard InChI is InChI=1S/C37H36FN5O7/c1-37(2,3)32(43-33(46)29(15-21-9-12-25(45)13-10-21)41-36(47)49-19-22-7-5-4-6-8-22)35-42-30(34-40-24(18-44)20-48-34)31(50-35)27-17-39-28-14-11-23(38)16-26(27)28/h4-14,16-17,20,29,32,39,44-45H,15,18-19H2,1-3H3,(H,41,47)(H,43,46)/t29-,32+/m0/s1. The molecule has 0 unspecified atom stereocenters. The molecule has 0 aliphatic heterocycles. The summed E-state index contributed by atoms with van der Waals surface area (Å²) in [4.78, 5) is 39.2. The first-order chi connectivity index (χ1) is 24.0. The van der Waals surface area contributed by atoms with Gasteiger partial charge in [0, 0.05) is 29.1 Å². The van der Waals surface area contributed by atoms with Crippen molar-refractivity contribution in [2.75, 3.05) is 0 Å². The molecule has 2 atom stereocenters. The van der Waals surface area contributed by atoms with Crippen LogP contribution in [-0.2, 0) is 29.2 Å². The predicted octanol–water partition coefficient (Wildman–Crippen LogP) is 6.56. The van der Waals surface area contributed by atoms with Crippen LogP contribution in [0, 0.1) is 11.2 Å². The Morgan fingerprint density at radius 2 is 1.76 bits per heavy atom. The molecule has 6 rings (SSSR count). The summed E-state index contributed by atoms with van der Waals surface area (Å²) in [5.41, 5.74) is 2.33. The van der Waals surface area contributed by atoms with E-state index in [2.05, 4.69) is 20.6 Å². The van der Waals surface area contributed by atoms with E-state index in [1.165, 1.54) is 30.5 Å². The normalized spacial score (nSPS) is 12.8. The van der Waals surface area contributed by atoms with Crippen LogP contribution in [0.25, 0.3) is 33.8 Å². The van der Waals surface area contributed by atoms with Gasteiger partial charge in [-0.3, -0.25) is 4.79 Å². The minimum absolute atomic E-state index is 0.00323. The van der Waals surface area contributed by atoms with Crippen LogP contribution in [0.15, 0.2) is 94.1 Å². The maximum atomic E-state index is 14.4. The van der Waals surface area contributed by atoms with E-state index < -0.39 is 35.3 Å². The van der Waals surface area contributed by atoms with Crippen LogP contribution in [-0.4, -0.2) is 43.2 Å². The largest absolute Gasteiger partial charge is 0.508 e. The molecule has 5 N–H and O–H groups in total. The molecular formula is C37H36FN5O7. The van der Waals surface area contributed by atoms with Crippen LogP contribution in [0.5, 0.6) is 5.75 Å². The number of aromatic hydroxyl groups is 1. The Bertz CT molecular complexity index is 2100. The second kappa shape index (κ2) is 14.3. The van der Waals surface area contributed by atoms with Gasteiger partial charge in [-0.15, -0.1) is 0 Å². The fourth-order valence-corrected chi connectivity index (χ4v) is 5.43. The van der Waals surface area contributed by atoms with Crippen LogP contribution in [0.3, 0.4) is 0 Å². The highest BCUT2D eigenvalue weighted by Crippen LogP contribution is 2.41. The average Bonchev–Trinajstić information content (AvgIpc) is 3.85. The first kappa shape index (κ1) is 33.9. The van der Waals surface area contributed by atoms with Gasteiger partial charge in [-0.1, -0.05) is 63.2 Å². The number of ether oxygens (including phenoxy) is 1. The number of nitrogens with one attached hydrogen (secondary N) is 3. The quantitative estimate of drug-likeness (QED) is 0.101. The van der Waals surface area contributed by atoms with Crippen LogP contribution in [0.4, 0.5) is 9.18 Å². The number of aliphatic hydroxyl groups is 1. The Labute approximate surface area is 286 Å². The number of fused-ring (bicyclic) bond motifs is 1. The van der Waals surface area contributed by atoms with Crippen LogP contribution >= 0.6 is 0 Å². The third kappa shape index (κ3) is 7.68. The van der Waals surface area contributed by atoms with Gasteiger partial charge in [0.05, 0.1) is 6.61 Å². The molecule has 0 saturated carbocycles. The number of carbonyl (C=O) groups is 2. The predicted molar refractivity (Wildman–Crippen MR) is 181 cm³/mol. The first-order valence-electron chi connectivity index (χ1n) is 15.9. The van der Waals surface area contributed by atoms with Gasteiger partial charge in [-0.2, -0.15) is 0 Å². The number of hydrogen-bond acceptors (Lipinski definition) is 9. The number of aromatic amines is 1. The Morgan fingerprint density at radius 1 is 1.00 bits per heavy atom. The second-order valence-electron chi connectivity index (χ2n) is 12.9. The van der Waals surface area contributed by atoms with E-state index in [1.54, 1.807) is 24.4 Å². The number of alkyl carbamates (subject to hydrolysis) is 1. The fourth-order valence-electron chi connectivity index (χ4n) is 5.43. The molecule has 0 aliphatic rings. The number of halogens is 1. The zero-order valence-electron chi connectivity index (χ0n) is 27.6. The van der Waals surface area contributed by atoms with E-state index in [4.69, 9.17) is 18.6 Å². The zero-order valence-corrected chi connectivity index (χ0v) is 27.6. The maximum Gasteiger partial charge on any atom is 0.408 e. The van der Waals surface area contributed by atoms with Gasteiger partial charge in [0.15, 0.2) is 11.5 Å². The summed E-state index contributed by atoms with van der Waals surface area (Å²) < 4.78 is 31.8. The number of H-pyrrole nitrogens is 1. The highest BCUT2D eigenvalue weighted by atomic mass is 19.1. The van der Waals surface area contributed by atoms with Gasteiger partial charge >= 0.3 is 6.09 Å². The molecule has 258 valence electrons. The molecule has 0 fully saturated rings. The lowest BCUT2D eigenvalue weighted by Crippen LogP contribution is -2.50. The molecule has 0 radical (unpaired) electrons. The zero-order chi connectivity index (χ0) is 35.4. The van der Waals surface area contributed by atoms with E-state index in [0.717, 1.165) is 5.56 Å². The summed E-state index contributed by atoms with van der Waals surface area (Å²) >= 11 is 0. The smallest absolute Gasteiger partial charge is 0.408 e. The SMILES string of the molecule is CC(C)(C)[C@H](NC(=O)[C@H](Cc1ccc(O)cc1)NC(=O)OCc1ccccc1)c1nc(-c2nc(CO)co2)c(-c2c[nH]c3ccc(F)cc23)o1. The topological polar surface area (TPSA) is 176 Å². The van der Waals surface area contributed by atoms with E-state index in [0.29, 0.717) is 22.0 Å². The van der Waals surface area contributed by atoms with Gasteiger partial charge in [-0.05, 0) is 46.9 Å². The molecule has 0 aliphatic carbocycles. The number of hydrogen-bond donors (Lipinski definition) is 5. The van der Waals surface area contributed by atoms with Crippen molar-refractivity contribution in [3.8, 4) is 28.7 Å². The number of carbonyl (C=O) groups excluding carboxylic acids is 2. The van der Waals surface area contributed by atoms with Gasteiger partial charge in [0.25, 0.3) is 0 Å². The molecule has 13 heteroatoms. The average molecular weight is 682 g/mol. The van der Waals surface area contributed by atoms with Crippen molar-refractivity contribution in [3.63, 3.8) is 0 Å². The van der Waals surface area contributed by atoms with Crippen molar-refractivity contribution in [1.82, 2.24) is 25.6 Å². The van der Waals surface area contributed by atoms with E-state index in [1.807, 2.05) is 51.1 Å². The fraction of sp³-hybridized carbons (Fsp3) is 0.243. The van der Waals surface area contributed by atoms with Crippen molar-refractivity contribution in [2.24, 2.45) is 5.41 Å². The number of aliphatic hydroxyl groups excluding tert-OH is 1. The monoisotopic (exact) mass is 681 g/mol. The molecule has 0 spiro atoms. The summed E-state index contributed by atoms with van der Waals surface area (Å²) in [6.07, 6.45) is 2.22. The number of phenols is 1. The molecule has 6 aromatic rings. The number of oxazole rings is 2. The Hall–Kier alpha value is -5.95. The van der Waals surface area contributed by atoms with Crippen LogP contribution in [0.1, 0.15) is 49.5 Å².